The number of hydrogen-bond donors (Lipinski definition) is 0. The summed E-state index contributed by atoms with van der Waals surface area (Å²) in [4.78, 5) is 14.2. The molecular weight excluding hydrogens is 478 g/mol. The summed E-state index contributed by atoms with van der Waals surface area (Å²) >= 11 is 0. The lowest BCUT2D eigenvalue weighted by molar-refractivity contribution is -0.130. The number of rotatable bonds is 8. The minimum absolute atomic E-state index is 0.366. The molecule has 0 saturated heterocycles. The van der Waals surface area contributed by atoms with Gasteiger partial charge >= 0.3 is 5.97 Å². The van der Waals surface area contributed by atoms with Crippen LogP contribution >= 0.6 is 0 Å². The van der Waals surface area contributed by atoms with Gasteiger partial charge in [0.1, 0.15) is 5.75 Å². The number of benzene rings is 5. The number of esters is 1. The lowest BCUT2D eigenvalue weighted by Gasteiger charge is -2.25. The minimum Gasteiger partial charge on any atom is -0.423 e. The molecule has 0 fully saturated rings. The van der Waals surface area contributed by atoms with E-state index in [1.54, 1.807) is 6.92 Å². The van der Waals surface area contributed by atoms with E-state index in [9.17, 15) is 4.79 Å². The van der Waals surface area contributed by atoms with Crippen molar-refractivity contribution in [1.29, 1.82) is 0 Å². The minimum atomic E-state index is -0.429. The Hall–Kier alpha value is -5.15. The van der Waals surface area contributed by atoms with Crippen LogP contribution < -0.4 is 9.64 Å². The Morgan fingerprint density at radius 2 is 1.08 bits per heavy atom. The maximum atomic E-state index is 11.9. The topological polar surface area (TPSA) is 29.5 Å². The van der Waals surface area contributed by atoms with Crippen LogP contribution in [0.2, 0.25) is 0 Å². The maximum Gasteiger partial charge on any atom is 0.338 e. The Morgan fingerprint density at radius 3 is 1.59 bits per heavy atom. The van der Waals surface area contributed by atoms with Gasteiger partial charge in [-0.1, -0.05) is 97.6 Å². The molecule has 0 aliphatic heterocycles. The van der Waals surface area contributed by atoms with Crippen molar-refractivity contribution in [3.63, 3.8) is 0 Å². The summed E-state index contributed by atoms with van der Waals surface area (Å²) in [6, 6.07) is 47.2. The predicted molar refractivity (Wildman–Crippen MR) is 161 cm³/mol. The van der Waals surface area contributed by atoms with Gasteiger partial charge in [0, 0.05) is 22.6 Å². The number of para-hydroxylation sites is 2. The van der Waals surface area contributed by atoms with Crippen LogP contribution in [0.25, 0.3) is 11.6 Å². The van der Waals surface area contributed by atoms with Crippen LogP contribution in [0.5, 0.6) is 5.75 Å². The molecule has 3 heteroatoms. The average molecular weight is 508 g/mol. The van der Waals surface area contributed by atoms with Crippen LogP contribution in [0.3, 0.4) is 0 Å². The zero-order valence-corrected chi connectivity index (χ0v) is 21.8. The van der Waals surface area contributed by atoms with Crippen LogP contribution in [0.1, 0.15) is 23.6 Å². The Morgan fingerprint density at radius 1 is 0.615 bits per heavy atom. The molecule has 39 heavy (non-hydrogen) atoms. The lowest BCUT2D eigenvalue weighted by Crippen LogP contribution is -2.09. The van der Waals surface area contributed by atoms with Gasteiger partial charge in [0.05, 0.1) is 0 Å². The van der Waals surface area contributed by atoms with Crippen LogP contribution in [0.4, 0.5) is 17.1 Å². The fourth-order valence-corrected chi connectivity index (χ4v) is 4.34. The third-order valence-corrected chi connectivity index (χ3v) is 6.30. The Balaban J connectivity index is 1.49. The second-order valence-corrected chi connectivity index (χ2v) is 9.22. The zero-order valence-electron chi connectivity index (χ0n) is 21.8. The van der Waals surface area contributed by atoms with E-state index < -0.39 is 5.97 Å². The third-order valence-electron chi connectivity index (χ3n) is 6.30. The van der Waals surface area contributed by atoms with Crippen molar-refractivity contribution < 1.29 is 9.53 Å². The molecule has 5 aromatic carbocycles. The highest BCUT2D eigenvalue weighted by Gasteiger charge is 2.12. The molecule has 190 valence electrons. The quantitative estimate of drug-likeness (QED) is 0.0907. The molecule has 0 aliphatic rings. The molecular formula is C36H29NO2. The highest BCUT2D eigenvalue weighted by Crippen LogP contribution is 2.35. The first-order chi connectivity index (χ1) is 19.1. The van der Waals surface area contributed by atoms with E-state index in [2.05, 4.69) is 102 Å². The molecule has 0 aliphatic carbocycles. The van der Waals surface area contributed by atoms with E-state index in [0.717, 1.165) is 39.3 Å². The number of anilines is 3. The van der Waals surface area contributed by atoms with Gasteiger partial charge in [-0.05, 0) is 83.8 Å². The van der Waals surface area contributed by atoms with Crippen molar-refractivity contribution >= 4 is 34.7 Å². The van der Waals surface area contributed by atoms with Crippen molar-refractivity contribution in [3.05, 3.63) is 168 Å². The van der Waals surface area contributed by atoms with Crippen molar-refractivity contribution in [2.24, 2.45) is 0 Å². The van der Waals surface area contributed by atoms with E-state index in [0.29, 0.717) is 11.3 Å². The largest absolute Gasteiger partial charge is 0.423 e. The summed E-state index contributed by atoms with van der Waals surface area (Å²) in [6.07, 6.45) is 2.18. The number of ether oxygens (including phenoxy) is 1. The molecule has 0 aromatic heterocycles. The smallest absolute Gasteiger partial charge is 0.338 e. The number of carbonyl (C=O) groups excluding carboxylic acids is 1. The molecule has 0 saturated carbocycles. The maximum absolute atomic E-state index is 11.9. The average Bonchev–Trinajstić information content (AvgIpc) is 2.99. The molecule has 5 rings (SSSR count). The van der Waals surface area contributed by atoms with E-state index in [1.807, 2.05) is 54.6 Å². The Kier molecular flexibility index (Phi) is 7.80. The van der Waals surface area contributed by atoms with Gasteiger partial charge in [0.2, 0.25) is 0 Å². The van der Waals surface area contributed by atoms with Crippen molar-refractivity contribution in [1.82, 2.24) is 0 Å². The molecule has 0 unspecified atom stereocenters. The van der Waals surface area contributed by atoms with E-state index in [-0.39, 0.29) is 0 Å². The second kappa shape index (κ2) is 11.9. The van der Waals surface area contributed by atoms with Crippen molar-refractivity contribution in [2.45, 2.75) is 6.92 Å². The van der Waals surface area contributed by atoms with Crippen molar-refractivity contribution in [3.8, 4) is 5.75 Å². The van der Waals surface area contributed by atoms with Gasteiger partial charge in [0.15, 0.2) is 0 Å². The standard InChI is InChI=1S/C36H29NO2/c1-27(2)36(38)39-34-24-20-30(21-25-34)35(29-12-6-3-7-13-29)26-28-18-22-33(23-19-28)37(31-14-8-4-9-15-31)32-16-10-5-11-17-32/h3-26H,1H2,2H3. The Bertz CT molecular complexity index is 1530. The van der Waals surface area contributed by atoms with Crippen LogP contribution in [-0.4, -0.2) is 5.97 Å². The summed E-state index contributed by atoms with van der Waals surface area (Å²) in [7, 11) is 0. The highest BCUT2D eigenvalue weighted by atomic mass is 16.5. The molecule has 0 bridgehead atoms. The van der Waals surface area contributed by atoms with Crippen molar-refractivity contribution in [2.75, 3.05) is 4.90 Å². The van der Waals surface area contributed by atoms with E-state index >= 15 is 0 Å². The SMILES string of the molecule is C=C(C)C(=O)Oc1ccc(C(=Cc2ccc(N(c3ccccc3)c3ccccc3)cc2)c2ccccc2)cc1. The fraction of sp³-hybridized carbons (Fsp3) is 0.0278. The van der Waals surface area contributed by atoms with Gasteiger partial charge in [-0.3, -0.25) is 0 Å². The monoisotopic (exact) mass is 507 g/mol. The van der Waals surface area contributed by atoms with Gasteiger partial charge < -0.3 is 9.64 Å². The summed E-state index contributed by atoms with van der Waals surface area (Å²) < 4.78 is 5.38. The molecule has 0 heterocycles. The van der Waals surface area contributed by atoms with Gasteiger partial charge in [-0.15, -0.1) is 0 Å². The first kappa shape index (κ1) is 25.5. The zero-order chi connectivity index (χ0) is 27.0. The molecule has 3 nitrogen and oxygen atoms in total. The molecule has 0 spiro atoms. The lowest BCUT2D eigenvalue weighted by atomic mass is 9.95. The first-order valence-electron chi connectivity index (χ1n) is 12.8. The Labute approximate surface area is 230 Å². The van der Waals surface area contributed by atoms with Crippen LogP contribution in [0.15, 0.2) is 152 Å². The third kappa shape index (κ3) is 6.23. The van der Waals surface area contributed by atoms with Crippen LogP contribution in [-0.2, 0) is 4.79 Å². The first-order valence-corrected chi connectivity index (χ1v) is 12.8. The van der Waals surface area contributed by atoms with Gasteiger partial charge in [-0.25, -0.2) is 4.79 Å². The van der Waals surface area contributed by atoms with Crippen LogP contribution in [0, 0.1) is 0 Å². The van der Waals surface area contributed by atoms with Gasteiger partial charge in [0.25, 0.3) is 0 Å². The second-order valence-electron chi connectivity index (χ2n) is 9.22. The van der Waals surface area contributed by atoms with E-state index in [4.69, 9.17) is 4.74 Å². The summed E-state index contributed by atoms with van der Waals surface area (Å²) in [6.45, 7) is 5.28. The summed E-state index contributed by atoms with van der Waals surface area (Å²) in [5, 5.41) is 0. The molecule has 0 radical (unpaired) electrons. The fourth-order valence-electron chi connectivity index (χ4n) is 4.34. The van der Waals surface area contributed by atoms with E-state index in [1.165, 1.54) is 0 Å². The number of carbonyl (C=O) groups is 1. The molecule has 5 aromatic rings. The number of nitrogens with zero attached hydrogens (tertiary/aromatic N) is 1. The molecule has 0 N–H and O–H groups in total. The predicted octanol–water partition coefficient (Wildman–Crippen LogP) is 9.23. The molecule has 0 amide bonds. The number of hydrogen-bond acceptors (Lipinski definition) is 3. The normalized spacial score (nSPS) is 11.1. The highest BCUT2D eigenvalue weighted by molar-refractivity contribution is 5.92. The summed E-state index contributed by atoms with van der Waals surface area (Å²) in [5.74, 6) is 0.0622. The summed E-state index contributed by atoms with van der Waals surface area (Å²) in [5.41, 5.74) is 7.92. The van der Waals surface area contributed by atoms with Gasteiger partial charge in [-0.2, -0.15) is 0 Å². The molecule has 0 atom stereocenters.